The lowest BCUT2D eigenvalue weighted by molar-refractivity contribution is 0.295. The van der Waals surface area contributed by atoms with E-state index in [1.54, 1.807) is 6.92 Å². The normalized spacial score (nSPS) is 15.1. The number of halogens is 2. The van der Waals surface area contributed by atoms with Crippen molar-refractivity contribution in [2.45, 2.75) is 13.0 Å². The van der Waals surface area contributed by atoms with Crippen molar-refractivity contribution in [2.24, 2.45) is 5.16 Å². The van der Waals surface area contributed by atoms with E-state index in [4.69, 9.17) is 12.1 Å². The highest BCUT2D eigenvalue weighted by molar-refractivity contribution is 7.95. The number of hydrogen-bond acceptors (Lipinski definition) is 4. The highest BCUT2D eigenvalue weighted by Crippen LogP contribution is 2.15. The quantitative estimate of drug-likeness (QED) is 0.279. The van der Waals surface area contributed by atoms with Gasteiger partial charge in [0.1, 0.15) is 19.6 Å². The van der Waals surface area contributed by atoms with Crippen LogP contribution in [0.3, 0.4) is 0 Å². The molecule has 1 aromatic carbocycles. The molecule has 0 spiro atoms. The molecule has 0 bridgehead atoms. The molecule has 0 saturated carbocycles. The molecule has 0 fully saturated rings. The first-order chi connectivity index (χ1) is 8.95. The van der Waals surface area contributed by atoms with Crippen molar-refractivity contribution < 1.29 is 18.2 Å². The van der Waals surface area contributed by atoms with Crippen LogP contribution in [0.2, 0.25) is 0 Å². The van der Waals surface area contributed by atoms with E-state index in [9.17, 15) is 8.78 Å². The van der Waals surface area contributed by atoms with Gasteiger partial charge in [-0.1, -0.05) is 5.16 Å². The lowest BCUT2D eigenvalue weighted by atomic mass is 10.1. The van der Waals surface area contributed by atoms with Crippen LogP contribution in [-0.2, 0) is 4.18 Å². The zero-order valence-electron chi connectivity index (χ0n) is 11.1. The highest BCUT2D eigenvalue weighted by Gasteiger charge is 2.16. The lowest BCUT2D eigenvalue weighted by Gasteiger charge is -2.13. The zero-order chi connectivity index (χ0) is 14.4. The average molecular weight is 262 g/mol. The fourth-order valence-corrected chi connectivity index (χ4v) is 1.59. The molecule has 0 radical (unpaired) electrons. The summed E-state index contributed by atoms with van der Waals surface area (Å²) in [6, 6.07) is 3.11. The Kier molecular flexibility index (Phi) is 4.29. The molecule has 3 nitrogen and oxygen atoms in total. The fraction of sp³-hybridized carbons (Fsp3) is 0.300. The molecule has 0 heterocycles. The van der Waals surface area contributed by atoms with Crippen LogP contribution < -0.4 is 0 Å². The molecule has 1 aromatic rings. The number of nitrogens with zero attached hydrogens (tertiary/aromatic N) is 1. The summed E-state index contributed by atoms with van der Waals surface area (Å²) < 4.78 is 45.1. The third kappa shape index (κ3) is 3.71. The number of benzene rings is 1. The van der Waals surface area contributed by atoms with Gasteiger partial charge in [0, 0.05) is 5.56 Å². The van der Waals surface area contributed by atoms with Crippen molar-refractivity contribution in [2.75, 3.05) is 5.65 Å². The first-order valence-corrected chi connectivity index (χ1v) is 5.67. The van der Waals surface area contributed by atoms with Gasteiger partial charge in [0.05, 0.1) is 0 Å². The zero-order valence-corrected chi connectivity index (χ0v) is 9.88. The van der Waals surface area contributed by atoms with Gasteiger partial charge < -0.3 is 9.39 Å². The molecule has 0 saturated heterocycles. The van der Waals surface area contributed by atoms with E-state index in [2.05, 4.69) is 5.16 Å². The van der Waals surface area contributed by atoms with Crippen LogP contribution in [0.5, 0.6) is 0 Å². The van der Waals surface area contributed by atoms with Gasteiger partial charge in [-0.25, -0.2) is 8.78 Å². The Hall–Kier alpha value is -1.08. The maximum atomic E-state index is 13.1. The van der Waals surface area contributed by atoms with Gasteiger partial charge in [0.25, 0.3) is 0 Å². The minimum absolute atomic E-state index is 0.0397. The van der Waals surface area contributed by atoms with Crippen LogP contribution in [0.4, 0.5) is 8.78 Å². The Bertz CT molecular complexity index is 465. The molecule has 1 rings (SSSR count). The van der Waals surface area contributed by atoms with E-state index < -0.39 is 25.5 Å². The average Bonchev–Trinajstić information content (AvgIpc) is 2.34. The maximum absolute atomic E-state index is 13.1. The number of oxime groups is 1. The van der Waals surface area contributed by atoms with Crippen molar-refractivity contribution in [3.8, 4) is 0 Å². The Labute approximate surface area is 106 Å². The summed E-state index contributed by atoms with van der Waals surface area (Å²) in [5.41, 5.74) is 0.363. The van der Waals surface area contributed by atoms with Crippen molar-refractivity contribution in [3.63, 3.8) is 0 Å². The summed E-state index contributed by atoms with van der Waals surface area (Å²) in [6.07, 6.45) is -0.696. The van der Waals surface area contributed by atoms with E-state index in [1.807, 2.05) is 0 Å². The van der Waals surface area contributed by atoms with Gasteiger partial charge in [-0.15, -0.1) is 0 Å². The van der Waals surface area contributed by atoms with Gasteiger partial charge in [-0.05, 0) is 45.5 Å². The van der Waals surface area contributed by atoms with Gasteiger partial charge in [-0.2, -0.15) is 0 Å². The Morgan fingerprint density at radius 3 is 3.12 bits per heavy atom. The second kappa shape index (κ2) is 6.61. The monoisotopic (exact) mass is 262 g/mol. The summed E-state index contributed by atoms with van der Waals surface area (Å²) in [5, 5.41) is 11.9. The summed E-state index contributed by atoms with van der Waals surface area (Å²) in [4.78, 5) is 0. The van der Waals surface area contributed by atoms with Crippen LogP contribution in [-0.4, -0.2) is 33.1 Å². The largest absolute Gasteiger partial charge is 0.411 e. The summed E-state index contributed by atoms with van der Waals surface area (Å²) in [7, 11) is -1.03. The van der Waals surface area contributed by atoms with Crippen LogP contribution in [0.15, 0.2) is 23.4 Å². The van der Waals surface area contributed by atoms with E-state index in [-0.39, 0.29) is 16.9 Å². The molecule has 0 amide bonds. The van der Waals surface area contributed by atoms with Gasteiger partial charge in [0.2, 0.25) is 0 Å². The third-order valence-electron chi connectivity index (χ3n) is 1.99. The van der Waals surface area contributed by atoms with E-state index in [0.717, 1.165) is 24.2 Å². The summed E-state index contributed by atoms with van der Waals surface area (Å²) in [6.45, 7) is 1.56. The topological polar surface area (TPSA) is 41.8 Å². The van der Waals surface area contributed by atoms with Crippen LogP contribution in [0, 0.1) is 11.6 Å². The molecule has 0 aliphatic rings. The molecule has 0 aromatic heterocycles. The van der Waals surface area contributed by atoms with Crippen LogP contribution in [0.1, 0.15) is 12.5 Å². The molecule has 7 heteroatoms. The van der Waals surface area contributed by atoms with E-state index >= 15 is 0 Å². The minimum Gasteiger partial charge on any atom is -0.411 e. The molecular weight excluding hydrogens is 247 g/mol. The lowest BCUT2D eigenvalue weighted by Crippen LogP contribution is -2.20. The Balaban J connectivity index is 2.74. The second-order valence-corrected chi connectivity index (χ2v) is 3.90. The molecule has 1 N–H and O–H groups in total. The second-order valence-electron chi connectivity index (χ2n) is 3.14. The standard InChI is InChI=1S/C10H12BF2NO2S/c1-6(16-17-5-11)10(14-15)7-2-3-8(12)9(13)4-7/h2-4,6,15H,5,11H2,1H3/b14-10-/t6-/m0/s1/i11TD. The summed E-state index contributed by atoms with van der Waals surface area (Å²) >= 11 is 0.880. The van der Waals surface area contributed by atoms with Crippen molar-refractivity contribution >= 4 is 25.5 Å². The Morgan fingerprint density at radius 2 is 2.53 bits per heavy atom. The van der Waals surface area contributed by atoms with Gasteiger partial charge >= 0.3 is 0 Å². The molecule has 1 atom stereocenters. The van der Waals surface area contributed by atoms with E-state index in [0.29, 0.717) is 0 Å². The van der Waals surface area contributed by atoms with Crippen molar-refractivity contribution in [1.82, 2.24) is 0 Å². The molecule has 0 unspecified atom stereocenters. The first-order valence-electron chi connectivity index (χ1n) is 5.91. The summed E-state index contributed by atoms with van der Waals surface area (Å²) in [5.74, 6) is -2.04. The number of rotatable bonds is 6. The molecule has 17 heavy (non-hydrogen) atoms. The van der Waals surface area contributed by atoms with Crippen LogP contribution in [0.25, 0.3) is 0 Å². The van der Waals surface area contributed by atoms with Crippen LogP contribution >= 0.6 is 12.0 Å². The predicted molar refractivity (Wildman–Crippen MR) is 66.2 cm³/mol. The smallest absolute Gasteiger partial charge is 0.159 e. The van der Waals surface area contributed by atoms with Gasteiger partial charge in [-0.3, -0.25) is 0 Å². The fourth-order valence-electron chi connectivity index (χ4n) is 1.22. The highest BCUT2D eigenvalue weighted by atomic mass is 32.2. The molecule has 92 valence electrons. The molecule has 0 aliphatic carbocycles. The third-order valence-corrected chi connectivity index (χ3v) is 2.55. The molecule has 0 aliphatic heterocycles. The first kappa shape index (κ1) is 11.0. The Morgan fingerprint density at radius 1 is 1.76 bits per heavy atom. The van der Waals surface area contributed by atoms with Crippen molar-refractivity contribution in [1.29, 1.82) is 2.67 Å². The predicted octanol–water partition coefficient (Wildman–Crippen LogP) is 1.79. The number of hydrogen-bond donors (Lipinski definition) is 1. The maximum Gasteiger partial charge on any atom is 0.159 e. The minimum atomic E-state index is -1.05. The van der Waals surface area contributed by atoms with Gasteiger partial charge in [0.15, 0.2) is 11.6 Å². The SMILES string of the molecule is [2H]B([3H])CSO[C@@H](C)/C(=N/O)c1ccc(F)c(F)c1. The van der Waals surface area contributed by atoms with E-state index in [1.165, 1.54) is 6.07 Å². The van der Waals surface area contributed by atoms with Crippen molar-refractivity contribution in [3.05, 3.63) is 35.4 Å². The molecular formula is C10H12BF2NO2S.